The third-order valence-corrected chi connectivity index (χ3v) is 8.19. The molecular weight excluding hydrogens is 478 g/mol. The van der Waals surface area contributed by atoms with E-state index in [0.29, 0.717) is 22.0 Å². The van der Waals surface area contributed by atoms with Crippen LogP contribution in [0.2, 0.25) is 5.02 Å². The zero-order valence-electron chi connectivity index (χ0n) is 20.5. The second kappa shape index (κ2) is 10.2. The number of methoxy groups -OCH3 is 1. The lowest BCUT2D eigenvalue weighted by Gasteiger charge is -2.37. The molecule has 1 aromatic heterocycles. The van der Waals surface area contributed by atoms with Crippen LogP contribution in [0.25, 0.3) is 0 Å². The van der Waals surface area contributed by atoms with Gasteiger partial charge in [-0.15, -0.1) is 11.8 Å². The number of rotatable bonds is 7. The Morgan fingerprint density at radius 1 is 1.11 bits per heavy atom. The Labute approximate surface area is 216 Å². The van der Waals surface area contributed by atoms with Crippen LogP contribution in [0.1, 0.15) is 50.7 Å². The molecule has 1 saturated carbocycles. The van der Waals surface area contributed by atoms with E-state index in [-0.39, 0.29) is 5.41 Å². The molecule has 3 aromatic rings. The first-order valence-corrected chi connectivity index (χ1v) is 13.5. The Hall–Kier alpha value is -2.48. The van der Waals surface area contributed by atoms with Gasteiger partial charge < -0.3 is 20.7 Å². The van der Waals surface area contributed by atoms with Crippen molar-refractivity contribution in [1.82, 2.24) is 15.3 Å². The smallest absolute Gasteiger partial charge is 0.229 e. The molecule has 1 fully saturated rings. The van der Waals surface area contributed by atoms with Crippen molar-refractivity contribution in [3.63, 3.8) is 0 Å². The van der Waals surface area contributed by atoms with Gasteiger partial charge in [-0.25, -0.2) is 4.98 Å². The van der Waals surface area contributed by atoms with E-state index in [4.69, 9.17) is 21.3 Å². The average molecular weight is 510 g/mol. The third kappa shape index (κ3) is 5.08. The Kier molecular flexibility index (Phi) is 7.09. The highest BCUT2D eigenvalue weighted by atomic mass is 35.5. The number of hydrogen-bond donors (Lipinski definition) is 3. The summed E-state index contributed by atoms with van der Waals surface area (Å²) in [5, 5.41) is 11.3. The standard InChI is InChI=1S/C27H32ClN5OS/c1-17(2)35-24-9-5-4-8-21(24)31-25-20(28)15-30-26(33-25)32-22-12-18-14-29-16-27(10-6-7-11-27)19(18)13-23(22)34-3/h4-5,8-9,12-13,15,17,29H,6-7,10-11,14,16H2,1-3H3,(H2,30,31,32,33). The van der Waals surface area contributed by atoms with Gasteiger partial charge in [0.2, 0.25) is 5.95 Å². The highest BCUT2D eigenvalue weighted by molar-refractivity contribution is 8.00. The number of hydrogen-bond acceptors (Lipinski definition) is 7. The van der Waals surface area contributed by atoms with Crippen LogP contribution in [0.15, 0.2) is 47.5 Å². The number of benzene rings is 2. The van der Waals surface area contributed by atoms with Crippen molar-refractivity contribution in [3.05, 3.63) is 58.7 Å². The first-order chi connectivity index (χ1) is 17.0. The Morgan fingerprint density at radius 2 is 1.91 bits per heavy atom. The number of thioether (sulfide) groups is 1. The first kappa shape index (κ1) is 24.2. The number of aromatic nitrogens is 2. The van der Waals surface area contributed by atoms with Crippen molar-refractivity contribution in [1.29, 1.82) is 0 Å². The van der Waals surface area contributed by atoms with E-state index in [1.807, 2.05) is 18.2 Å². The minimum Gasteiger partial charge on any atom is -0.495 e. The third-order valence-electron chi connectivity index (χ3n) is 6.83. The Bertz CT molecular complexity index is 1210. The second-order valence-corrected chi connectivity index (χ2v) is 11.6. The number of fused-ring (bicyclic) bond motifs is 2. The lowest BCUT2D eigenvalue weighted by molar-refractivity contribution is 0.370. The summed E-state index contributed by atoms with van der Waals surface area (Å²) in [6, 6.07) is 12.6. The van der Waals surface area contributed by atoms with E-state index in [1.54, 1.807) is 25.1 Å². The zero-order valence-corrected chi connectivity index (χ0v) is 22.0. The van der Waals surface area contributed by atoms with Crippen LogP contribution in [-0.4, -0.2) is 28.9 Å². The predicted molar refractivity (Wildman–Crippen MR) is 146 cm³/mol. The summed E-state index contributed by atoms with van der Waals surface area (Å²) < 4.78 is 5.81. The van der Waals surface area contributed by atoms with E-state index in [1.165, 1.54) is 36.8 Å². The summed E-state index contributed by atoms with van der Waals surface area (Å²) >= 11 is 8.27. The summed E-state index contributed by atoms with van der Waals surface area (Å²) in [5.74, 6) is 1.83. The molecule has 8 heteroatoms. The highest BCUT2D eigenvalue weighted by Crippen LogP contribution is 2.46. The molecule has 2 heterocycles. The molecule has 1 aliphatic heterocycles. The average Bonchev–Trinajstić information content (AvgIpc) is 3.31. The number of halogens is 1. The summed E-state index contributed by atoms with van der Waals surface area (Å²) in [5.41, 5.74) is 4.79. The fourth-order valence-corrected chi connectivity index (χ4v) is 6.30. The van der Waals surface area contributed by atoms with E-state index < -0.39 is 0 Å². The topological polar surface area (TPSA) is 71.1 Å². The molecule has 1 spiro atoms. The largest absolute Gasteiger partial charge is 0.495 e. The van der Waals surface area contributed by atoms with Gasteiger partial charge in [0.25, 0.3) is 0 Å². The minimum atomic E-state index is 0.231. The van der Waals surface area contributed by atoms with Gasteiger partial charge in [-0.1, -0.05) is 50.4 Å². The molecule has 0 unspecified atom stereocenters. The quantitative estimate of drug-likeness (QED) is 0.295. The number of ether oxygens (including phenoxy) is 1. The SMILES string of the molecule is COc1cc2c(cc1Nc1ncc(Cl)c(Nc3ccccc3SC(C)C)n1)CNCC21CCCC1. The fourth-order valence-electron chi connectivity index (χ4n) is 5.25. The molecule has 5 rings (SSSR count). The van der Waals surface area contributed by atoms with Gasteiger partial charge >= 0.3 is 0 Å². The molecule has 184 valence electrons. The molecule has 2 aromatic carbocycles. The zero-order chi connectivity index (χ0) is 24.4. The first-order valence-electron chi connectivity index (χ1n) is 12.2. The fraction of sp³-hybridized carbons (Fsp3) is 0.407. The lowest BCUT2D eigenvalue weighted by Crippen LogP contribution is -2.41. The maximum Gasteiger partial charge on any atom is 0.229 e. The maximum absolute atomic E-state index is 6.47. The van der Waals surface area contributed by atoms with Crippen molar-refractivity contribution in [2.75, 3.05) is 24.3 Å². The number of anilines is 4. The molecule has 2 aliphatic rings. The number of nitrogens with zero attached hydrogens (tertiary/aromatic N) is 2. The van der Waals surface area contributed by atoms with Gasteiger partial charge in [0.15, 0.2) is 5.82 Å². The lowest BCUT2D eigenvalue weighted by atomic mass is 9.74. The highest BCUT2D eigenvalue weighted by Gasteiger charge is 2.39. The van der Waals surface area contributed by atoms with Gasteiger partial charge in [-0.05, 0) is 48.2 Å². The van der Waals surface area contributed by atoms with Crippen molar-refractivity contribution < 1.29 is 4.74 Å². The van der Waals surface area contributed by atoms with Gasteiger partial charge in [0.05, 0.1) is 24.7 Å². The van der Waals surface area contributed by atoms with Crippen LogP contribution in [-0.2, 0) is 12.0 Å². The molecule has 6 nitrogen and oxygen atoms in total. The molecule has 0 saturated heterocycles. The molecular formula is C27H32ClN5OS. The molecule has 0 amide bonds. The Balaban J connectivity index is 1.43. The number of para-hydroxylation sites is 1. The van der Waals surface area contributed by atoms with Crippen molar-refractivity contribution in [2.45, 2.75) is 61.6 Å². The van der Waals surface area contributed by atoms with Gasteiger partial charge in [0.1, 0.15) is 10.8 Å². The minimum absolute atomic E-state index is 0.231. The normalized spacial score (nSPS) is 16.4. The van der Waals surface area contributed by atoms with E-state index >= 15 is 0 Å². The van der Waals surface area contributed by atoms with Crippen LogP contribution in [0, 0.1) is 0 Å². The summed E-state index contributed by atoms with van der Waals surface area (Å²) in [6.45, 7) is 6.25. The Morgan fingerprint density at radius 3 is 2.69 bits per heavy atom. The van der Waals surface area contributed by atoms with Crippen LogP contribution in [0.4, 0.5) is 23.1 Å². The van der Waals surface area contributed by atoms with E-state index in [0.717, 1.165) is 35.1 Å². The van der Waals surface area contributed by atoms with E-state index in [9.17, 15) is 0 Å². The van der Waals surface area contributed by atoms with Crippen LogP contribution < -0.4 is 20.7 Å². The van der Waals surface area contributed by atoms with Crippen molar-refractivity contribution in [2.24, 2.45) is 0 Å². The van der Waals surface area contributed by atoms with Crippen LogP contribution in [0.3, 0.4) is 0 Å². The van der Waals surface area contributed by atoms with Crippen molar-refractivity contribution in [3.8, 4) is 5.75 Å². The molecule has 0 radical (unpaired) electrons. The van der Waals surface area contributed by atoms with Crippen LogP contribution >= 0.6 is 23.4 Å². The van der Waals surface area contributed by atoms with E-state index in [2.05, 4.69) is 53.0 Å². The van der Waals surface area contributed by atoms with Crippen molar-refractivity contribution >= 4 is 46.5 Å². The van der Waals surface area contributed by atoms with Gasteiger partial charge in [0, 0.05) is 28.6 Å². The molecule has 1 aliphatic carbocycles. The monoisotopic (exact) mass is 509 g/mol. The summed E-state index contributed by atoms with van der Waals surface area (Å²) in [6.07, 6.45) is 6.66. The molecule has 0 atom stereocenters. The molecule has 0 bridgehead atoms. The van der Waals surface area contributed by atoms with Gasteiger partial charge in [-0.3, -0.25) is 0 Å². The predicted octanol–water partition coefficient (Wildman–Crippen LogP) is 7.04. The maximum atomic E-state index is 6.47. The van der Waals surface area contributed by atoms with Gasteiger partial charge in [-0.2, -0.15) is 4.98 Å². The summed E-state index contributed by atoms with van der Waals surface area (Å²) in [7, 11) is 1.72. The number of nitrogens with one attached hydrogen (secondary N) is 3. The van der Waals surface area contributed by atoms with Crippen LogP contribution in [0.5, 0.6) is 5.75 Å². The molecule has 35 heavy (non-hydrogen) atoms. The summed E-state index contributed by atoms with van der Waals surface area (Å²) in [4.78, 5) is 10.3. The second-order valence-electron chi connectivity index (χ2n) is 9.60. The molecule has 3 N–H and O–H groups in total.